The molecule has 0 amide bonds. The molecule has 32 heavy (non-hydrogen) atoms. The van der Waals surface area contributed by atoms with Gasteiger partial charge in [-0.25, -0.2) is 9.97 Å². The number of methoxy groups -OCH3 is 1. The Morgan fingerprint density at radius 3 is 2.53 bits per heavy atom. The smallest absolute Gasteiger partial charge is 0.416 e. The molecule has 0 spiro atoms. The van der Waals surface area contributed by atoms with Crippen molar-refractivity contribution in [3.8, 4) is 0 Å². The molecule has 1 atom stereocenters. The van der Waals surface area contributed by atoms with Crippen LogP contribution in [0.5, 0.6) is 0 Å². The summed E-state index contributed by atoms with van der Waals surface area (Å²) in [6.45, 7) is 5.71. The molecular weight excluding hydrogens is 427 g/mol. The predicted octanol–water partition coefficient (Wildman–Crippen LogP) is 4.44. The van der Waals surface area contributed by atoms with Crippen molar-refractivity contribution in [3.05, 3.63) is 52.0 Å². The molecule has 1 aliphatic rings. The van der Waals surface area contributed by atoms with Gasteiger partial charge < -0.3 is 19.5 Å². The Bertz CT molecular complexity index is 976. The minimum Gasteiger partial charge on any atom is -0.469 e. The van der Waals surface area contributed by atoms with Gasteiger partial charge in [0, 0.05) is 0 Å². The zero-order chi connectivity index (χ0) is 23.5. The van der Waals surface area contributed by atoms with Crippen LogP contribution in [0, 0.1) is 13.8 Å². The number of alkyl halides is 3. The van der Waals surface area contributed by atoms with Gasteiger partial charge in [-0.2, -0.15) is 13.2 Å². The molecule has 7 nitrogen and oxygen atoms in total. The summed E-state index contributed by atoms with van der Waals surface area (Å²) in [5, 5.41) is 3.25. The van der Waals surface area contributed by atoms with Gasteiger partial charge in [-0.05, 0) is 37.5 Å². The summed E-state index contributed by atoms with van der Waals surface area (Å²) in [6.07, 6.45) is -4.87. The van der Waals surface area contributed by atoms with E-state index < -0.39 is 30.0 Å². The summed E-state index contributed by atoms with van der Waals surface area (Å²) in [4.78, 5) is 20.8. The number of benzene rings is 1. The monoisotopic (exact) mass is 453 g/mol. The van der Waals surface area contributed by atoms with Gasteiger partial charge in [0.05, 0.1) is 49.6 Å². The maximum Gasteiger partial charge on any atom is 0.416 e. The van der Waals surface area contributed by atoms with Crippen LogP contribution in [0.1, 0.15) is 59.4 Å². The number of aromatic nitrogens is 2. The van der Waals surface area contributed by atoms with E-state index in [1.807, 2.05) is 6.92 Å². The Labute approximate surface area is 184 Å². The first-order valence-electron chi connectivity index (χ1n) is 10.3. The third-order valence-corrected chi connectivity index (χ3v) is 5.31. The lowest BCUT2D eigenvalue weighted by atomic mass is 9.94. The van der Waals surface area contributed by atoms with E-state index in [2.05, 4.69) is 15.3 Å². The zero-order valence-electron chi connectivity index (χ0n) is 18.4. The minimum atomic E-state index is -4.45. The van der Waals surface area contributed by atoms with E-state index in [0.29, 0.717) is 48.1 Å². The lowest BCUT2D eigenvalue weighted by Gasteiger charge is -2.25. The van der Waals surface area contributed by atoms with Crippen molar-refractivity contribution in [3.63, 3.8) is 0 Å². The highest BCUT2D eigenvalue weighted by atomic mass is 19.4. The molecule has 1 aliphatic heterocycles. The number of carbonyl (C=O) groups is 1. The van der Waals surface area contributed by atoms with Crippen LogP contribution in [0.3, 0.4) is 0 Å². The summed E-state index contributed by atoms with van der Waals surface area (Å²) < 4.78 is 56.4. The number of esters is 1. The van der Waals surface area contributed by atoms with Gasteiger partial charge in [-0.1, -0.05) is 19.1 Å². The molecule has 0 bridgehead atoms. The molecule has 0 radical (unpaired) electrons. The number of carbonyl (C=O) groups excluding carboxylic acids is 1. The lowest BCUT2D eigenvalue weighted by molar-refractivity contribution is -0.140. The summed E-state index contributed by atoms with van der Waals surface area (Å²) in [6, 6.07) is 3.66. The highest BCUT2D eigenvalue weighted by molar-refractivity contribution is 5.73. The standard InChI is InChI=1S/C22H26F3N3O4/c1-5-16(14-7-6-8-15(12(14)2)22(23,24)25)28-20-19(21-31-9-10-32-21)17(11-18(29)30-4)26-13(3)27-20/h6-8,16,21H,5,9-11H2,1-4H3,(H,26,27,28). The third kappa shape index (κ3) is 5.18. The van der Waals surface area contributed by atoms with Crippen molar-refractivity contribution in [2.45, 2.75) is 52.1 Å². The van der Waals surface area contributed by atoms with Crippen LogP contribution in [0.4, 0.5) is 19.0 Å². The van der Waals surface area contributed by atoms with Crippen LogP contribution in [0.25, 0.3) is 0 Å². The van der Waals surface area contributed by atoms with Gasteiger partial charge in [-0.15, -0.1) is 0 Å². The fourth-order valence-electron chi connectivity index (χ4n) is 3.77. The lowest BCUT2D eigenvalue weighted by Crippen LogP contribution is -2.20. The number of rotatable bonds is 7. The van der Waals surface area contributed by atoms with Crippen LogP contribution in [0.2, 0.25) is 0 Å². The van der Waals surface area contributed by atoms with Gasteiger partial charge in [0.25, 0.3) is 0 Å². The number of hydrogen-bond acceptors (Lipinski definition) is 7. The molecule has 0 aliphatic carbocycles. The van der Waals surface area contributed by atoms with Crippen molar-refractivity contribution in [2.24, 2.45) is 0 Å². The van der Waals surface area contributed by atoms with Gasteiger partial charge in [-0.3, -0.25) is 4.79 Å². The Morgan fingerprint density at radius 1 is 1.25 bits per heavy atom. The number of hydrogen-bond donors (Lipinski definition) is 1. The molecule has 1 aromatic heterocycles. The minimum absolute atomic E-state index is 0.119. The average Bonchev–Trinajstić information content (AvgIpc) is 3.25. The molecule has 2 aromatic rings. The molecule has 1 saturated heterocycles. The van der Waals surface area contributed by atoms with Gasteiger partial charge >= 0.3 is 12.1 Å². The molecule has 174 valence electrons. The van der Waals surface area contributed by atoms with Crippen molar-refractivity contribution in [2.75, 3.05) is 25.6 Å². The van der Waals surface area contributed by atoms with Crippen molar-refractivity contribution < 1.29 is 32.2 Å². The van der Waals surface area contributed by atoms with Crippen LogP contribution in [-0.2, 0) is 31.6 Å². The number of nitrogens with one attached hydrogen (secondary N) is 1. The maximum atomic E-state index is 13.4. The number of anilines is 1. The van der Waals surface area contributed by atoms with E-state index >= 15 is 0 Å². The number of aryl methyl sites for hydroxylation is 1. The first kappa shape index (κ1) is 23.9. The quantitative estimate of drug-likeness (QED) is 0.621. The summed E-state index contributed by atoms with van der Waals surface area (Å²) in [5.74, 6) is 0.254. The largest absolute Gasteiger partial charge is 0.469 e. The summed E-state index contributed by atoms with van der Waals surface area (Å²) >= 11 is 0. The molecule has 3 rings (SSSR count). The molecule has 1 N–H and O–H groups in total. The Hall–Kier alpha value is -2.72. The molecule has 1 aromatic carbocycles. The second kappa shape index (κ2) is 9.83. The van der Waals surface area contributed by atoms with E-state index in [1.165, 1.54) is 20.1 Å². The van der Waals surface area contributed by atoms with Gasteiger partial charge in [0.2, 0.25) is 0 Å². The Balaban J connectivity index is 2.06. The van der Waals surface area contributed by atoms with E-state index in [-0.39, 0.29) is 12.0 Å². The second-order valence-corrected chi connectivity index (χ2v) is 7.43. The molecule has 0 saturated carbocycles. The Morgan fingerprint density at radius 2 is 1.94 bits per heavy atom. The van der Waals surface area contributed by atoms with Crippen LogP contribution < -0.4 is 5.32 Å². The fraction of sp³-hybridized carbons (Fsp3) is 0.500. The van der Waals surface area contributed by atoms with Crippen molar-refractivity contribution in [1.82, 2.24) is 9.97 Å². The normalized spacial score (nSPS) is 15.6. The summed E-state index contributed by atoms with van der Waals surface area (Å²) in [7, 11) is 1.28. The predicted molar refractivity (Wildman–Crippen MR) is 110 cm³/mol. The molecule has 1 unspecified atom stereocenters. The van der Waals surface area contributed by atoms with Gasteiger partial charge in [0.15, 0.2) is 6.29 Å². The second-order valence-electron chi connectivity index (χ2n) is 7.43. The van der Waals surface area contributed by atoms with Crippen LogP contribution in [0.15, 0.2) is 18.2 Å². The van der Waals surface area contributed by atoms with E-state index in [4.69, 9.17) is 14.2 Å². The van der Waals surface area contributed by atoms with Gasteiger partial charge in [0.1, 0.15) is 11.6 Å². The van der Waals surface area contributed by atoms with Crippen molar-refractivity contribution >= 4 is 11.8 Å². The Kier molecular flexibility index (Phi) is 7.35. The molecule has 2 heterocycles. The SMILES string of the molecule is CCC(Nc1nc(C)nc(CC(=O)OC)c1C1OCCO1)c1cccc(C(F)(F)F)c1C. The first-order valence-corrected chi connectivity index (χ1v) is 10.3. The maximum absolute atomic E-state index is 13.4. The number of nitrogens with zero attached hydrogens (tertiary/aromatic N) is 2. The van der Waals surface area contributed by atoms with Crippen molar-refractivity contribution in [1.29, 1.82) is 0 Å². The van der Waals surface area contributed by atoms with E-state index in [0.717, 1.165) is 6.07 Å². The van der Waals surface area contributed by atoms with E-state index in [9.17, 15) is 18.0 Å². The topological polar surface area (TPSA) is 82.6 Å². The highest BCUT2D eigenvalue weighted by Gasteiger charge is 2.34. The average molecular weight is 453 g/mol. The number of ether oxygens (including phenoxy) is 3. The number of halogens is 3. The molecule has 10 heteroatoms. The van der Waals surface area contributed by atoms with Crippen LogP contribution in [-0.4, -0.2) is 36.3 Å². The fourth-order valence-corrected chi connectivity index (χ4v) is 3.77. The molecular formula is C22H26F3N3O4. The zero-order valence-corrected chi connectivity index (χ0v) is 18.4. The third-order valence-electron chi connectivity index (χ3n) is 5.31. The first-order chi connectivity index (χ1) is 15.2. The van der Waals surface area contributed by atoms with E-state index in [1.54, 1.807) is 13.0 Å². The van der Waals surface area contributed by atoms with Crippen LogP contribution >= 0.6 is 0 Å². The summed E-state index contributed by atoms with van der Waals surface area (Å²) in [5.41, 5.74) is 0.807. The molecule has 1 fully saturated rings. The highest BCUT2D eigenvalue weighted by Crippen LogP contribution is 2.38.